The predicted octanol–water partition coefficient (Wildman–Crippen LogP) is 6.46. The number of hydrogen-bond donors (Lipinski definition) is 0. The van der Waals surface area contributed by atoms with Crippen molar-refractivity contribution in [1.29, 1.82) is 0 Å². The van der Waals surface area contributed by atoms with E-state index in [4.69, 9.17) is 25.8 Å². The first kappa shape index (κ1) is 27.5. The van der Waals surface area contributed by atoms with Crippen molar-refractivity contribution >= 4 is 11.6 Å². The van der Waals surface area contributed by atoms with Gasteiger partial charge in [-0.1, -0.05) is 52.0 Å². The highest BCUT2D eigenvalue weighted by molar-refractivity contribution is 6.17. The molecule has 0 unspecified atom stereocenters. The number of ether oxygens (including phenoxy) is 3. The van der Waals surface area contributed by atoms with Gasteiger partial charge in [0.05, 0.1) is 26.4 Å². The maximum absolute atomic E-state index is 5.97. The quantitative estimate of drug-likeness (QED) is 0.276. The third-order valence-corrected chi connectivity index (χ3v) is 6.27. The number of halogens is 1. The van der Waals surface area contributed by atoms with Crippen LogP contribution in [0.5, 0.6) is 11.5 Å². The molecule has 33 heavy (non-hydrogen) atoms. The number of hydrogen-bond acceptors (Lipinski definition) is 4. The highest BCUT2D eigenvalue weighted by atomic mass is 35.5. The molecule has 0 spiro atoms. The molecule has 0 N–H and O–H groups in total. The van der Waals surface area contributed by atoms with E-state index in [1.54, 1.807) is 0 Å². The molecule has 1 aliphatic rings. The minimum absolute atomic E-state index is 0.103. The summed E-state index contributed by atoms with van der Waals surface area (Å²) in [4.78, 5) is 2.44. The van der Waals surface area contributed by atoms with Gasteiger partial charge in [0, 0.05) is 30.9 Å². The molecule has 0 atom stereocenters. The van der Waals surface area contributed by atoms with Crippen LogP contribution in [0.2, 0.25) is 0 Å². The molecule has 0 saturated carbocycles. The lowest BCUT2D eigenvalue weighted by Crippen LogP contribution is -2.37. The molecule has 0 bridgehead atoms. The highest BCUT2D eigenvalue weighted by Gasteiger charge is 2.24. The number of alkyl halides is 1. The van der Waals surface area contributed by atoms with Crippen LogP contribution in [0, 0.1) is 6.92 Å². The average Bonchev–Trinajstić information content (AvgIpc) is 2.85. The first-order chi connectivity index (χ1) is 16.0. The smallest absolute Gasteiger partial charge is 0.122 e. The highest BCUT2D eigenvalue weighted by Crippen LogP contribution is 2.34. The Morgan fingerprint density at radius 2 is 1.55 bits per heavy atom. The van der Waals surface area contributed by atoms with Crippen molar-refractivity contribution in [3.8, 4) is 11.5 Å². The fourth-order valence-corrected chi connectivity index (χ4v) is 3.98. The van der Waals surface area contributed by atoms with Gasteiger partial charge < -0.3 is 14.2 Å². The van der Waals surface area contributed by atoms with Gasteiger partial charge in [0.1, 0.15) is 11.5 Å². The van der Waals surface area contributed by atoms with Crippen molar-refractivity contribution in [3.05, 3.63) is 59.2 Å². The standard InChI is InChI=1S/C26H36ClNO3.C2H6/c1-21-20-23(8-11-25(21)31-16-4-12-27)26(2,3)22-6-9-24(10-7-22)30-17-5-13-28-14-18-29-19-15-28;1-2/h6-11,20H,4-5,12-19H2,1-3H3;1-2H3. The monoisotopic (exact) mass is 475 g/mol. The van der Waals surface area contributed by atoms with E-state index in [-0.39, 0.29) is 5.41 Å². The SMILES string of the molecule is CC.Cc1cc(C(C)(C)c2ccc(OCCCN3CCOCC3)cc2)ccc1OCCCCl. The summed E-state index contributed by atoms with van der Waals surface area (Å²) in [5.41, 5.74) is 3.59. The number of morpholine rings is 1. The van der Waals surface area contributed by atoms with Crippen LogP contribution >= 0.6 is 11.6 Å². The second kappa shape index (κ2) is 14.5. The number of benzene rings is 2. The van der Waals surface area contributed by atoms with Gasteiger partial charge in [-0.25, -0.2) is 0 Å². The minimum Gasteiger partial charge on any atom is -0.494 e. The molecule has 2 aromatic carbocycles. The van der Waals surface area contributed by atoms with E-state index >= 15 is 0 Å². The van der Waals surface area contributed by atoms with Crippen molar-refractivity contribution in [1.82, 2.24) is 4.90 Å². The van der Waals surface area contributed by atoms with Crippen molar-refractivity contribution in [2.45, 2.75) is 52.9 Å². The average molecular weight is 476 g/mol. The van der Waals surface area contributed by atoms with Crippen molar-refractivity contribution in [2.24, 2.45) is 0 Å². The van der Waals surface area contributed by atoms with E-state index < -0.39 is 0 Å². The lowest BCUT2D eigenvalue weighted by atomic mass is 9.77. The van der Waals surface area contributed by atoms with Crippen LogP contribution in [0.15, 0.2) is 42.5 Å². The van der Waals surface area contributed by atoms with Crippen molar-refractivity contribution < 1.29 is 14.2 Å². The maximum atomic E-state index is 5.97. The third kappa shape index (κ3) is 8.51. The van der Waals surface area contributed by atoms with Crippen molar-refractivity contribution in [3.63, 3.8) is 0 Å². The molecule has 2 aromatic rings. The lowest BCUT2D eigenvalue weighted by molar-refractivity contribution is 0.0358. The molecule has 0 aliphatic carbocycles. The first-order valence-electron chi connectivity index (χ1n) is 12.3. The topological polar surface area (TPSA) is 30.9 Å². The van der Waals surface area contributed by atoms with E-state index in [1.807, 2.05) is 13.8 Å². The normalized spacial score (nSPS) is 14.4. The lowest BCUT2D eigenvalue weighted by Gasteiger charge is -2.27. The molecule has 5 heteroatoms. The molecule has 0 amide bonds. The van der Waals surface area contributed by atoms with Gasteiger partial charge in [0.25, 0.3) is 0 Å². The predicted molar refractivity (Wildman–Crippen MR) is 139 cm³/mol. The second-order valence-electron chi connectivity index (χ2n) is 8.68. The van der Waals surface area contributed by atoms with Crippen LogP contribution in [0.4, 0.5) is 0 Å². The van der Waals surface area contributed by atoms with Crippen LogP contribution in [-0.4, -0.2) is 56.8 Å². The molecular formula is C28H42ClNO3. The van der Waals surface area contributed by atoms with Gasteiger partial charge >= 0.3 is 0 Å². The molecule has 0 radical (unpaired) electrons. The molecule has 0 aromatic heterocycles. The zero-order valence-corrected chi connectivity index (χ0v) is 21.9. The Hall–Kier alpha value is -1.75. The third-order valence-electron chi connectivity index (χ3n) is 6.00. The van der Waals surface area contributed by atoms with Gasteiger partial charge in [0.15, 0.2) is 0 Å². The summed E-state index contributed by atoms with van der Waals surface area (Å²) in [6.07, 6.45) is 1.89. The van der Waals surface area contributed by atoms with Crippen LogP contribution < -0.4 is 9.47 Å². The van der Waals surface area contributed by atoms with Crippen molar-refractivity contribution in [2.75, 3.05) is 51.9 Å². The summed E-state index contributed by atoms with van der Waals surface area (Å²) in [5, 5.41) is 0. The summed E-state index contributed by atoms with van der Waals surface area (Å²) in [6.45, 7) is 16.8. The molecule has 1 fully saturated rings. The number of rotatable bonds is 11. The molecule has 4 nitrogen and oxygen atoms in total. The van der Waals surface area contributed by atoms with E-state index in [9.17, 15) is 0 Å². The molecule has 3 rings (SSSR count). The molecule has 184 valence electrons. The summed E-state index contributed by atoms with van der Waals surface area (Å²) >= 11 is 5.74. The van der Waals surface area contributed by atoms with Gasteiger partial charge in [-0.05, 0) is 54.7 Å². The van der Waals surface area contributed by atoms with Gasteiger partial charge in [-0.3, -0.25) is 4.90 Å². The summed E-state index contributed by atoms with van der Waals surface area (Å²) < 4.78 is 17.2. The Morgan fingerprint density at radius 1 is 0.909 bits per heavy atom. The Balaban J connectivity index is 0.00000187. The van der Waals surface area contributed by atoms with Crippen LogP contribution in [-0.2, 0) is 10.2 Å². The fraction of sp³-hybridized carbons (Fsp3) is 0.571. The van der Waals surface area contributed by atoms with Crippen LogP contribution in [0.3, 0.4) is 0 Å². The van der Waals surface area contributed by atoms with Gasteiger partial charge in [-0.2, -0.15) is 0 Å². The summed E-state index contributed by atoms with van der Waals surface area (Å²) in [5.74, 6) is 2.49. The van der Waals surface area contributed by atoms with E-state index in [1.165, 1.54) is 11.1 Å². The summed E-state index contributed by atoms with van der Waals surface area (Å²) in [7, 11) is 0. The minimum atomic E-state index is -0.103. The fourth-order valence-electron chi connectivity index (χ4n) is 3.87. The van der Waals surface area contributed by atoms with Crippen LogP contribution in [0.1, 0.15) is 57.2 Å². The zero-order valence-electron chi connectivity index (χ0n) is 21.2. The second-order valence-corrected chi connectivity index (χ2v) is 9.05. The summed E-state index contributed by atoms with van der Waals surface area (Å²) in [6, 6.07) is 15.0. The molecular weight excluding hydrogens is 434 g/mol. The molecule has 1 heterocycles. The Bertz CT molecular complexity index is 801. The van der Waals surface area contributed by atoms with E-state index in [2.05, 4.69) is 68.1 Å². The van der Waals surface area contributed by atoms with Crippen LogP contribution in [0.25, 0.3) is 0 Å². The number of aryl methyl sites for hydroxylation is 1. The largest absolute Gasteiger partial charge is 0.494 e. The maximum Gasteiger partial charge on any atom is 0.122 e. The Morgan fingerprint density at radius 3 is 2.18 bits per heavy atom. The Kier molecular flexibility index (Phi) is 12.1. The zero-order chi connectivity index (χ0) is 24.1. The van der Waals surface area contributed by atoms with E-state index in [0.29, 0.717) is 12.5 Å². The number of nitrogens with zero attached hydrogens (tertiary/aromatic N) is 1. The Labute approximate surface area is 206 Å². The van der Waals surface area contributed by atoms with Gasteiger partial charge in [-0.15, -0.1) is 11.6 Å². The molecule has 1 aliphatic heterocycles. The molecule has 1 saturated heterocycles. The van der Waals surface area contributed by atoms with Gasteiger partial charge in [0.2, 0.25) is 0 Å². The van der Waals surface area contributed by atoms with E-state index in [0.717, 1.165) is 69.4 Å². The first-order valence-corrected chi connectivity index (χ1v) is 12.9.